The van der Waals surface area contributed by atoms with Gasteiger partial charge in [-0.05, 0) is 48.9 Å². The fourth-order valence-electron chi connectivity index (χ4n) is 3.85. The topological polar surface area (TPSA) is 45.7 Å². The first kappa shape index (κ1) is 21.3. The predicted molar refractivity (Wildman–Crippen MR) is 122 cm³/mol. The van der Waals surface area contributed by atoms with Crippen LogP contribution in [0.2, 0.25) is 5.02 Å². The van der Waals surface area contributed by atoms with E-state index in [1.807, 2.05) is 59.5 Å². The van der Waals surface area contributed by atoms with Crippen LogP contribution in [0.5, 0.6) is 5.75 Å². The molecule has 1 aliphatic rings. The van der Waals surface area contributed by atoms with Gasteiger partial charge in [0.2, 0.25) is 0 Å². The van der Waals surface area contributed by atoms with Crippen LogP contribution in [0.4, 0.5) is 0 Å². The van der Waals surface area contributed by atoms with Crippen LogP contribution in [0.15, 0.2) is 73.1 Å². The van der Waals surface area contributed by atoms with Crippen LogP contribution < -0.4 is 4.74 Å². The minimum Gasteiger partial charge on any atom is -0.489 e. The number of carbonyl (C=O) groups excluding carboxylic acids is 1. The first-order chi connectivity index (χ1) is 15.1. The predicted octanol–water partition coefficient (Wildman–Crippen LogP) is 4.83. The number of aromatic nitrogens is 1. The Bertz CT molecular complexity index is 1000. The van der Waals surface area contributed by atoms with Crippen molar-refractivity contribution in [2.24, 2.45) is 0 Å². The van der Waals surface area contributed by atoms with Gasteiger partial charge >= 0.3 is 0 Å². The Morgan fingerprint density at radius 3 is 2.45 bits per heavy atom. The molecule has 0 saturated carbocycles. The van der Waals surface area contributed by atoms with Crippen LogP contribution >= 0.6 is 11.6 Å². The third-order valence-electron chi connectivity index (χ3n) is 5.73. The van der Waals surface area contributed by atoms with E-state index in [1.54, 1.807) is 12.4 Å². The molecule has 0 aliphatic carbocycles. The molecule has 6 heteroatoms. The molecule has 1 aliphatic heterocycles. The van der Waals surface area contributed by atoms with Crippen LogP contribution in [0.3, 0.4) is 0 Å². The Balaban J connectivity index is 1.30. The summed E-state index contributed by atoms with van der Waals surface area (Å²) < 4.78 is 5.78. The third-order valence-corrected chi connectivity index (χ3v) is 6.08. The highest BCUT2D eigenvalue weighted by Crippen LogP contribution is 2.28. The second-order valence-corrected chi connectivity index (χ2v) is 8.11. The van der Waals surface area contributed by atoms with Gasteiger partial charge in [-0.3, -0.25) is 14.7 Å². The van der Waals surface area contributed by atoms with Crippen molar-refractivity contribution in [3.8, 4) is 5.75 Å². The summed E-state index contributed by atoms with van der Waals surface area (Å²) in [6.07, 6.45) is 3.52. The van der Waals surface area contributed by atoms with Gasteiger partial charge in [-0.25, -0.2) is 0 Å². The standard InChI is InChI=1S/C25H26ClN3O2/c1-19(23-6-2-3-7-24(23)26)28-13-15-29(16-14-28)25(30)21-8-10-22(11-9-21)31-18-20-5-4-12-27-17-20/h2-12,17,19H,13-16,18H2,1H3. The summed E-state index contributed by atoms with van der Waals surface area (Å²) >= 11 is 6.36. The third kappa shape index (κ3) is 5.24. The fraction of sp³-hybridized carbons (Fsp3) is 0.280. The number of ether oxygens (including phenoxy) is 1. The minimum absolute atomic E-state index is 0.0591. The molecule has 0 radical (unpaired) electrons. The number of piperazine rings is 1. The van der Waals surface area contributed by atoms with Crippen LogP contribution in [-0.4, -0.2) is 46.9 Å². The Morgan fingerprint density at radius 2 is 1.77 bits per heavy atom. The molecule has 2 heterocycles. The summed E-state index contributed by atoms with van der Waals surface area (Å²) in [4.78, 5) is 21.3. The molecule has 2 aromatic carbocycles. The molecule has 1 atom stereocenters. The number of carbonyl (C=O) groups is 1. The van der Waals surface area contributed by atoms with E-state index in [9.17, 15) is 4.79 Å². The summed E-state index contributed by atoms with van der Waals surface area (Å²) in [6, 6.07) is 19.4. The molecule has 160 valence electrons. The van der Waals surface area contributed by atoms with Gasteiger partial charge in [0, 0.05) is 60.8 Å². The molecule has 1 unspecified atom stereocenters. The summed E-state index contributed by atoms with van der Waals surface area (Å²) in [7, 11) is 0. The van der Waals surface area contributed by atoms with Crippen molar-refractivity contribution in [1.82, 2.24) is 14.8 Å². The van der Waals surface area contributed by atoms with E-state index in [1.165, 1.54) is 0 Å². The molecule has 3 aromatic rings. The average Bonchev–Trinajstić information content (AvgIpc) is 2.83. The molecule has 31 heavy (non-hydrogen) atoms. The van der Waals surface area contributed by atoms with Crippen molar-refractivity contribution in [2.45, 2.75) is 19.6 Å². The maximum Gasteiger partial charge on any atom is 0.253 e. The first-order valence-corrected chi connectivity index (χ1v) is 10.9. The van der Waals surface area contributed by atoms with Crippen molar-refractivity contribution in [3.05, 3.63) is 94.8 Å². The number of pyridine rings is 1. The van der Waals surface area contributed by atoms with E-state index < -0.39 is 0 Å². The summed E-state index contributed by atoms with van der Waals surface area (Å²) in [5, 5.41) is 0.791. The highest BCUT2D eigenvalue weighted by molar-refractivity contribution is 6.31. The monoisotopic (exact) mass is 435 g/mol. The second kappa shape index (κ2) is 9.94. The van der Waals surface area contributed by atoms with Gasteiger partial charge in [-0.2, -0.15) is 0 Å². The van der Waals surface area contributed by atoms with Crippen molar-refractivity contribution < 1.29 is 9.53 Å². The van der Waals surface area contributed by atoms with Crippen molar-refractivity contribution in [2.75, 3.05) is 26.2 Å². The highest BCUT2D eigenvalue weighted by Gasteiger charge is 2.26. The molecule has 5 nitrogen and oxygen atoms in total. The molecule has 0 N–H and O–H groups in total. The quantitative estimate of drug-likeness (QED) is 0.556. The van der Waals surface area contributed by atoms with Crippen LogP contribution in [0, 0.1) is 0 Å². The van der Waals surface area contributed by atoms with Crippen LogP contribution in [-0.2, 0) is 6.61 Å². The first-order valence-electron chi connectivity index (χ1n) is 10.5. The van der Waals surface area contributed by atoms with Gasteiger partial charge in [0.1, 0.15) is 12.4 Å². The van der Waals surface area contributed by atoms with E-state index in [2.05, 4.69) is 22.9 Å². The fourth-order valence-corrected chi connectivity index (χ4v) is 4.14. The van der Waals surface area contributed by atoms with Gasteiger partial charge in [0.05, 0.1) is 0 Å². The minimum atomic E-state index is 0.0591. The maximum absolute atomic E-state index is 12.9. The largest absolute Gasteiger partial charge is 0.489 e. The van der Waals surface area contributed by atoms with Crippen LogP contribution in [0.1, 0.15) is 34.5 Å². The van der Waals surface area contributed by atoms with E-state index in [4.69, 9.17) is 16.3 Å². The summed E-state index contributed by atoms with van der Waals surface area (Å²) in [6.45, 7) is 5.67. The normalized spacial score (nSPS) is 15.5. The maximum atomic E-state index is 12.9. The average molecular weight is 436 g/mol. The Hall–Kier alpha value is -2.89. The number of benzene rings is 2. The van der Waals surface area contributed by atoms with Gasteiger partial charge in [0.15, 0.2) is 0 Å². The lowest BCUT2D eigenvalue weighted by Crippen LogP contribution is -2.49. The molecule has 1 aromatic heterocycles. The number of halogens is 1. The highest BCUT2D eigenvalue weighted by atomic mass is 35.5. The molecule has 0 spiro atoms. The Labute approximate surface area is 188 Å². The zero-order valence-electron chi connectivity index (χ0n) is 17.6. The SMILES string of the molecule is CC(c1ccccc1Cl)N1CCN(C(=O)c2ccc(OCc3cccnc3)cc2)CC1. The van der Waals surface area contributed by atoms with Crippen molar-refractivity contribution >= 4 is 17.5 Å². The lowest BCUT2D eigenvalue weighted by molar-refractivity contribution is 0.0582. The lowest BCUT2D eigenvalue weighted by atomic mass is 10.1. The Kier molecular flexibility index (Phi) is 6.85. The zero-order valence-corrected chi connectivity index (χ0v) is 18.3. The van der Waals surface area contributed by atoms with E-state index >= 15 is 0 Å². The number of amides is 1. The summed E-state index contributed by atoms with van der Waals surface area (Å²) in [5.41, 5.74) is 2.82. The summed E-state index contributed by atoms with van der Waals surface area (Å²) in [5.74, 6) is 0.794. The zero-order chi connectivity index (χ0) is 21.6. The van der Waals surface area contributed by atoms with E-state index in [0.717, 1.165) is 35.0 Å². The second-order valence-electron chi connectivity index (χ2n) is 7.70. The number of nitrogens with zero attached hydrogens (tertiary/aromatic N) is 3. The molecular formula is C25H26ClN3O2. The smallest absolute Gasteiger partial charge is 0.253 e. The van der Waals surface area contributed by atoms with Crippen LogP contribution in [0.25, 0.3) is 0 Å². The van der Waals surface area contributed by atoms with Crippen molar-refractivity contribution in [3.63, 3.8) is 0 Å². The molecule has 1 saturated heterocycles. The van der Waals surface area contributed by atoms with E-state index in [0.29, 0.717) is 25.3 Å². The Morgan fingerprint density at radius 1 is 1.03 bits per heavy atom. The molecule has 4 rings (SSSR count). The number of hydrogen-bond donors (Lipinski definition) is 0. The number of rotatable bonds is 6. The molecule has 0 bridgehead atoms. The van der Waals surface area contributed by atoms with Crippen molar-refractivity contribution in [1.29, 1.82) is 0 Å². The number of hydrogen-bond acceptors (Lipinski definition) is 4. The van der Waals surface area contributed by atoms with Gasteiger partial charge in [-0.15, -0.1) is 0 Å². The van der Waals surface area contributed by atoms with E-state index in [-0.39, 0.29) is 11.9 Å². The molecule has 1 fully saturated rings. The lowest BCUT2D eigenvalue weighted by Gasteiger charge is -2.38. The molecule has 1 amide bonds. The molecular weight excluding hydrogens is 410 g/mol. The van der Waals surface area contributed by atoms with Gasteiger partial charge in [0.25, 0.3) is 5.91 Å². The van der Waals surface area contributed by atoms with Gasteiger partial charge < -0.3 is 9.64 Å². The van der Waals surface area contributed by atoms with Gasteiger partial charge in [-0.1, -0.05) is 35.9 Å².